The SMILES string of the molecule is CCCN(CCC(=O)Nc1nnc(-c2ccc(C(F)(F)F)cc2)s1)C(=O)c1cccc(Br)c1. The number of carbonyl (C=O) groups excluding carboxylic acids is 2. The van der Waals surface area contributed by atoms with E-state index in [1.165, 1.54) is 12.1 Å². The van der Waals surface area contributed by atoms with Crippen LogP contribution in [0.15, 0.2) is 53.0 Å². The molecule has 1 N–H and O–H groups in total. The molecule has 2 aromatic carbocycles. The molecule has 0 fully saturated rings. The van der Waals surface area contributed by atoms with Crippen LogP contribution in [0.25, 0.3) is 10.6 Å². The van der Waals surface area contributed by atoms with Crippen LogP contribution in [0.5, 0.6) is 0 Å². The highest BCUT2D eigenvalue weighted by Crippen LogP contribution is 2.32. The smallest absolute Gasteiger partial charge is 0.338 e. The summed E-state index contributed by atoms with van der Waals surface area (Å²) in [5.41, 5.74) is 0.247. The van der Waals surface area contributed by atoms with Crippen LogP contribution in [0.1, 0.15) is 35.7 Å². The van der Waals surface area contributed by atoms with E-state index >= 15 is 0 Å². The number of nitrogens with one attached hydrogen (secondary N) is 1. The van der Waals surface area contributed by atoms with E-state index in [1.54, 1.807) is 23.1 Å². The van der Waals surface area contributed by atoms with Crippen LogP contribution >= 0.6 is 27.3 Å². The maximum Gasteiger partial charge on any atom is 0.416 e. The van der Waals surface area contributed by atoms with Gasteiger partial charge in [0, 0.05) is 35.1 Å². The minimum atomic E-state index is -4.41. The molecule has 0 spiro atoms. The third-order valence-corrected chi connectivity index (χ3v) is 5.97. The van der Waals surface area contributed by atoms with Crippen molar-refractivity contribution in [1.29, 1.82) is 0 Å². The minimum Gasteiger partial charge on any atom is -0.338 e. The third-order valence-electron chi connectivity index (χ3n) is 4.59. The van der Waals surface area contributed by atoms with E-state index in [2.05, 4.69) is 31.4 Å². The average molecular weight is 541 g/mol. The average Bonchev–Trinajstić information content (AvgIpc) is 3.24. The van der Waals surface area contributed by atoms with Crippen LogP contribution < -0.4 is 5.32 Å². The molecule has 0 aliphatic carbocycles. The van der Waals surface area contributed by atoms with Gasteiger partial charge in [-0.15, -0.1) is 10.2 Å². The Hall–Kier alpha value is -2.79. The van der Waals surface area contributed by atoms with E-state index in [1.807, 2.05) is 13.0 Å². The van der Waals surface area contributed by atoms with Gasteiger partial charge in [-0.3, -0.25) is 9.59 Å². The standard InChI is InChI=1S/C22H20BrF3N4O2S/c1-2-11-30(20(32)15-4-3-5-17(23)13-15)12-10-18(31)27-21-29-28-19(33-21)14-6-8-16(9-7-14)22(24,25)26/h3-9,13H,2,10-12H2,1H3,(H,27,29,31). The molecule has 33 heavy (non-hydrogen) atoms. The van der Waals surface area contributed by atoms with Crippen molar-refractivity contribution in [3.8, 4) is 10.6 Å². The molecule has 0 aliphatic heterocycles. The van der Waals surface area contributed by atoms with E-state index < -0.39 is 11.7 Å². The van der Waals surface area contributed by atoms with Crippen molar-refractivity contribution in [2.24, 2.45) is 0 Å². The maximum absolute atomic E-state index is 12.8. The lowest BCUT2D eigenvalue weighted by atomic mass is 10.1. The monoisotopic (exact) mass is 540 g/mol. The fourth-order valence-electron chi connectivity index (χ4n) is 3.00. The Kier molecular flexibility index (Phi) is 8.20. The molecular formula is C22H20BrF3N4O2S. The summed E-state index contributed by atoms with van der Waals surface area (Å²) in [4.78, 5) is 26.8. The second kappa shape index (κ2) is 10.9. The summed E-state index contributed by atoms with van der Waals surface area (Å²) in [5, 5.41) is 11.1. The van der Waals surface area contributed by atoms with E-state index in [0.717, 1.165) is 34.4 Å². The van der Waals surface area contributed by atoms with Gasteiger partial charge in [0.2, 0.25) is 11.0 Å². The molecule has 1 aromatic heterocycles. The number of rotatable bonds is 8. The zero-order chi connectivity index (χ0) is 24.0. The molecule has 174 valence electrons. The van der Waals surface area contributed by atoms with Crippen LogP contribution in [0.4, 0.5) is 18.3 Å². The maximum atomic E-state index is 12.8. The zero-order valence-electron chi connectivity index (χ0n) is 17.5. The lowest BCUT2D eigenvalue weighted by molar-refractivity contribution is -0.137. The highest BCUT2D eigenvalue weighted by atomic mass is 79.9. The first-order valence-corrected chi connectivity index (χ1v) is 11.6. The first-order chi connectivity index (χ1) is 15.7. The van der Waals surface area contributed by atoms with Gasteiger partial charge in [0.1, 0.15) is 5.01 Å². The zero-order valence-corrected chi connectivity index (χ0v) is 19.9. The van der Waals surface area contributed by atoms with E-state index in [9.17, 15) is 22.8 Å². The number of benzene rings is 2. The molecule has 11 heteroatoms. The number of nitrogens with zero attached hydrogens (tertiary/aromatic N) is 3. The Morgan fingerprint density at radius 2 is 1.82 bits per heavy atom. The summed E-state index contributed by atoms with van der Waals surface area (Å²) in [6, 6.07) is 11.6. The van der Waals surface area contributed by atoms with Crippen molar-refractivity contribution >= 4 is 44.2 Å². The van der Waals surface area contributed by atoms with Crippen molar-refractivity contribution in [3.63, 3.8) is 0 Å². The summed E-state index contributed by atoms with van der Waals surface area (Å²) in [7, 11) is 0. The Labute approximate surface area is 201 Å². The van der Waals surface area contributed by atoms with Crippen molar-refractivity contribution in [2.75, 3.05) is 18.4 Å². The van der Waals surface area contributed by atoms with Crippen molar-refractivity contribution in [1.82, 2.24) is 15.1 Å². The van der Waals surface area contributed by atoms with Gasteiger partial charge in [0.15, 0.2) is 0 Å². The number of amides is 2. The number of anilines is 1. The highest BCUT2D eigenvalue weighted by Gasteiger charge is 2.30. The lowest BCUT2D eigenvalue weighted by Gasteiger charge is -2.22. The number of alkyl halides is 3. The summed E-state index contributed by atoms with van der Waals surface area (Å²) < 4.78 is 38.9. The van der Waals surface area contributed by atoms with Gasteiger partial charge in [-0.25, -0.2) is 0 Å². The van der Waals surface area contributed by atoms with Gasteiger partial charge >= 0.3 is 6.18 Å². The number of hydrogen-bond acceptors (Lipinski definition) is 5. The highest BCUT2D eigenvalue weighted by molar-refractivity contribution is 9.10. The third kappa shape index (κ3) is 6.84. The number of hydrogen-bond donors (Lipinski definition) is 1. The number of aromatic nitrogens is 2. The molecule has 0 aliphatic rings. The molecule has 6 nitrogen and oxygen atoms in total. The topological polar surface area (TPSA) is 75.2 Å². The van der Waals surface area contributed by atoms with Gasteiger partial charge in [0.25, 0.3) is 5.91 Å². The summed E-state index contributed by atoms with van der Waals surface area (Å²) >= 11 is 4.41. The van der Waals surface area contributed by atoms with Gasteiger partial charge in [-0.2, -0.15) is 13.2 Å². The Morgan fingerprint density at radius 3 is 2.45 bits per heavy atom. The van der Waals surface area contributed by atoms with Crippen LogP contribution in [0, 0.1) is 0 Å². The van der Waals surface area contributed by atoms with Gasteiger partial charge in [-0.1, -0.05) is 52.4 Å². The summed E-state index contributed by atoms with van der Waals surface area (Å²) in [5.74, 6) is -0.500. The van der Waals surface area contributed by atoms with Crippen LogP contribution in [-0.2, 0) is 11.0 Å². The van der Waals surface area contributed by atoms with Crippen LogP contribution in [-0.4, -0.2) is 40.0 Å². The van der Waals surface area contributed by atoms with Gasteiger partial charge < -0.3 is 10.2 Å². The van der Waals surface area contributed by atoms with Gasteiger partial charge in [-0.05, 0) is 36.8 Å². The predicted molar refractivity (Wildman–Crippen MR) is 124 cm³/mol. The van der Waals surface area contributed by atoms with E-state index in [4.69, 9.17) is 0 Å². The van der Waals surface area contributed by atoms with Crippen molar-refractivity contribution in [3.05, 3.63) is 64.1 Å². The van der Waals surface area contributed by atoms with E-state index in [0.29, 0.717) is 22.7 Å². The lowest BCUT2D eigenvalue weighted by Crippen LogP contribution is -2.34. The van der Waals surface area contributed by atoms with Crippen LogP contribution in [0.3, 0.4) is 0 Å². The van der Waals surface area contributed by atoms with E-state index in [-0.39, 0.29) is 29.9 Å². The molecule has 0 unspecified atom stereocenters. The molecule has 0 atom stereocenters. The second-order valence-corrected chi connectivity index (χ2v) is 8.98. The van der Waals surface area contributed by atoms with Crippen molar-refractivity contribution in [2.45, 2.75) is 25.9 Å². The molecule has 2 amide bonds. The molecule has 0 radical (unpaired) electrons. The largest absolute Gasteiger partial charge is 0.416 e. The summed E-state index contributed by atoms with van der Waals surface area (Å²) in [6.07, 6.45) is -3.61. The molecular weight excluding hydrogens is 521 g/mol. The molecule has 0 saturated carbocycles. The minimum absolute atomic E-state index is 0.0644. The Balaban J connectivity index is 1.59. The predicted octanol–water partition coefficient (Wildman–Crippen LogP) is 5.87. The first-order valence-electron chi connectivity index (χ1n) is 10.0. The fourth-order valence-corrected chi connectivity index (χ4v) is 4.16. The number of halogens is 4. The molecule has 0 bridgehead atoms. The van der Waals surface area contributed by atoms with Crippen LogP contribution in [0.2, 0.25) is 0 Å². The quantitative estimate of drug-likeness (QED) is 0.387. The summed E-state index contributed by atoms with van der Waals surface area (Å²) in [6.45, 7) is 2.69. The Bertz CT molecular complexity index is 1120. The van der Waals surface area contributed by atoms with Crippen molar-refractivity contribution < 1.29 is 22.8 Å². The molecule has 3 aromatic rings. The van der Waals surface area contributed by atoms with Gasteiger partial charge in [0.05, 0.1) is 5.56 Å². The Morgan fingerprint density at radius 1 is 1.09 bits per heavy atom. The number of carbonyl (C=O) groups is 2. The fraction of sp³-hybridized carbons (Fsp3) is 0.273. The molecule has 3 rings (SSSR count). The second-order valence-electron chi connectivity index (χ2n) is 7.09. The molecule has 1 heterocycles. The molecule has 0 saturated heterocycles. The first kappa shape index (κ1) is 24.8. The normalized spacial score (nSPS) is 11.3.